The number of nitriles is 1. The first-order chi connectivity index (χ1) is 12.9. The van der Waals surface area contributed by atoms with E-state index in [2.05, 4.69) is 4.98 Å². The number of pyridine rings is 1. The summed E-state index contributed by atoms with van der Waals surface area (Å²) in [6.07, 6.45) is 3.33. The molecule has 2 heterocycles. The smallest absolute Gasteiger partial charge is 0.298 e. The molecule has 0 radical (unpaired) electrons. The van der Waals surface area contributed by atoms with Crippen LogP contribution in [0, 0.1) is 11.3 Å². The number of likely N-dealkylation sites (tertiary alicyclic amines) is 1. The second-order valence-electron chi connectivity index (χ2n) is 6.43. The molecule has 7 heteroatoms. The molecule has 1 aromatic heterocycles. The van der Waals surface area contributed by atoms with Gasteiger partial charge in [-0.25, -0.2) is 8.78 Å². The van der Waals surface area contributed by atoms with Gasteiger partial charge in [-0.15, -0.1) is 0 Å². The summed E-state index contributed by atoms with van der Waals surface area (Å²) < 4.78 is 26.5. The van der Waals surface area contributed by atoms with Crippen LogP contribution in [0.1, 0.15) is 34.3 Å². The lowest BCUT2D eigenvalue weighted by Crippen LogP contribution is -2.66. The number of nitrogens with zero attached hydrogens (tertiary/aromatic N) is 3. The molecule has 2 aromatic rings. The largest absolute Gasteiger partial charge is 0.315 e. The van der Waals surface area contributed by atoms with E-state index in [0.717, 1.165) is 16.0 Å². The number of Topliss-reactive ketones (excluding diaryl/α,β-unsaturated/α-hetero) is 1. The van der Waals surface area contributed by atoms with E-state index in [1.807, 2.05) is 30.3 Å². The number of amides is 1. The maximum atomic E-state index is 13.2. The number of aromatic nitrogens is 1. The highest BCUT2D eigenvalue weighted by Gasteiger charge is 2.57. The molecule has 1 fully saturated rings. The maximum absolute atomic E-state index is 13.2. The van der Waals surface area contributed by atoms with Gasteiger partial charge in [-0.05, 0) is 23.6 Å². The Hall–Kier alpha value is -3.14. The van der Waals surface area contributed by atoms with Crippen molar-refractivity contribution in [1.29, 1.82) is 5.26 Å². The fourth-order valence-corrected chi connectivity index (χ4v) is 3.07. The van der Waals surface area contributed by atoms with Crippen molar-refractivity contribution in [3.05, 3.63) is 65.5 Å². The standard InChI is InChI=1S/C20H17F2N3O2/c21-20(22)13-25(18(20)11-23)19(27)7-6-17(26)16-8-9-24-12-15(16)10-14-4-2-1-3-5-14/h1-5,8-9,12,18H,6-7,10,13H2/t18-/m1/s1. The first kappa shape index (κ1) is 18.6. The number of hydrogen-bond acceptors (Lipinski definition) is 4. The molecular weight excluding hydrogens is 352 g/mol. The van der Waals surface area contributed by atoms with E-state index in [0.29, 0.717) is 12.0 Å². The van der Waals surface area contributed by atoms with Crippen LogP contribution in [0.25, 0.3) is 0 Å². The number of ketones is 1. The van der Waals surface area contributed by atoms with Crippen molar-refractivity contribution in [3.8, 4) is 6.07 Å². The van der Waals surface area contributed by atoms with E-state index in [9.17, 15) is 18.4 Å². The molecule has 0 aliphatic carbocycles. The second kappa shape index (κ2) is 7.62. The number of alkyl halides is 2. The lowest BCUT2D eigenvalue weighted by Gasteiger charge is -2.43. The Bertz CT molecular complexity index is 894. The van der Waals surface area contributed by atoms with Crippen molar-refractivity contribution in [1.82, 2.24) is 9.88 Å². The Morgan fingerprint density at radius 3 is 2.63 bits per heavy atom. The number of halogens is 2. The van der Waals surface area contributed by atoms with Gasteiger partial charge in [-0.1, -0.05) is 30.3 Å². The van der Waals surface area contributed by atoms with Gasteiger partial charge in [0, 0.05) is 30.8 Å². The lowest BCUT2D eigenvalue weighted by atomic mass is 9.95. The molecule has 0 bridgehead atoms. The minimum absolute atomic E-state index is 0.106. The van der Waals surface area contributed by atoms with Crippen molar-refractivity contribution in [2.75, 3.05) is 6.54 Å². The molecule has 27 heavy (non-hydrogen) atoms. The van der Waals surface area contributed by atoms with Crippen LogP contribution in [0.15, 0.2) is 48.8 Å². The fraction of sp³-hybridized carbons (Fsp3) is 0.300. The highest BCUT2D eigenvalue weighted by molar-refractivity contribution is 5.99. The molecular formula is C20H17F2N3O2. The molecule has 0 N–H and O–H groups in total. The monoisotopic (exact) mass is 369 g/mol. The van der Waals surface area contributed by atoms with Crippen LogP contribution in [0.5, 0.6) is 0 Å². The molecule has 138 valence electrons. The van der Waals surface area contributed by atoms with E-state index < -0.39 is 24.4 Å². The third kappa shape index (κ3) is 4.00. The van der Waals surface area contributed by atoms with E-state index in [-0.39, 0.29) is 18.6 Å². The van der Waals surface area contributed by atoms with E-state index >= 15 is 0 Å². The summed E-state index contributed by atoms with van der Waals surface area (Å²) in [5, 5.41) is 8.78. The summed E-state index contributed by atoms with van der Waals surface area (Å²) in [5.41, 5.74) is 2.23. The molecule has 1 aliphatic heterocycles. The number of hydrogen-bond donors (Lipinski definition) is 0. The van der Waals surface area contributed by atoms with Crippen molar-refractivity contribution >= 4 is 11.7 Å². The highest BCUT2D eigenvalue weighted by atomic mass is 19.3. The molecule has 1 atom stereocenters. The van der Waals surface area contributed by atoms with Gasteiger partial charge in [0.2, 0.25) is 5.91 Å². The minimum atomic E-state index is -3.18. The average Bonchev–Trinajstić information content (AvgIpc) is 2.66. The molecule has 1 aliphatic rings. The number of carbonyl (C=O) groups is 2. The molecule has 0 unspecified atom stereocenters. The van der Waals surface area contributed by atoms with Crippen molar-refractivity contribution in [2.45, 2.75) is 31.2 Å². The Morgan fingerprint density at radius 1 is 1.22 bits per heavy atom. The Kier molecular flexibility index (Phi) is 5.26. The summed E-state index contributed by atoms with van der Waals surface area (Å²) in [6, 6.07) is 10.9. The Balaban J connectivity index is 1.64. The summed E-state index contributed by atoms with van der Waals surface area (Å²) in [6.45, 7) is -0.771. The van der Waals surface area contributed by atoms with Crippen LogP contribution < -0.4 is 0 Å². The molecule has 0 saturated carbocycles. The Morgan fingerprint density at radius 2 is 1.96 bits per heavy atom. The highest BCUT2D eigenvalue weighted by Crippen LogP contribution is 2.34. The van der Waals surface area contributed by atoms with Crippen molar-refractivity contribution < 1.29 is 18.4 Å². The summed E-state index contributed by atoms with van der Waals surface area (Å²) in [5.74, 6) is -4.04. The third-order valence-corrected chi connectivity index (χ3v) is 4.54. The molecule has 1 amide bonds. The quantitative estimate of drug-likeness (QED) is 0.734. The summed E-state index contributed by atoms with van der Waals surface area (Å²) in [7, 11) is 0. The number of carbonyl (C=O) groups excluding carboxylic acids is 2. The number of rotatable bonds is 6. The van der Waals surface area contributed by atoms with Crippen molar-refractivity contribution in [3.63, 3.8) is 0 Å². The van der Waals surface area contributed by atoms with Gasteiger partial charge in [0.25, 0.3) is 5.92 Å². The zero-order chi connectivity index (χ0) is 19.4. The van der Waals surface area contributed by atoms with Gasteiger partial charge >= 0.3 is 0 Å². The van der Waals surface area contributed by atoms with Gasteiger partial charge in [0.05, 0.1) is 12.6 Å². The van der Waals surface area contributed by atoms with Crippen molar-refractivity contribution in [2.24, 2.45) is 0 Å². The third-order valence-electron chi connectivity index (χ3n) is 4.54. The minimum Gasteiger partial charge on any atom is -0.315 e. The topological polar surface area (TPSA) is 74.1 Å². The summed E-state index contributed by atoms with van der Waals surface area (Å²) in [4.78, 5) is 29.5. The summed E-state index contributed by atoms with van der Waals surface area (Å²) >= 11 is 0. The second-order valence-corrected chi connectivity index (χ2v) is 6.43. The van der Waals surface area contributed by atoms with Crippen LogP contribution in [0.2, 0.25) is 0 Å². The molecule has 5 nitrogen and oxygen atoms in total. The predicted octanol–water partition coefficient (Wildman–Crippen LogP) is 3.00. The van der Waals surface area contributed by atoms with Crippen LogP contribution in [0.3, 0.4) is 0 Å². The van der Waals surface area contributed by atoms with E-state index in [1.54, 1.807) is 12.3 Å². The molecule has 1 aromatic carbocycles. The lowest BCUT2D eigenvalue weighted by molar-refractivity contribution is -0.181. The van der Waals surface area contributed by atoms with Crippen LogP contribution >= 0.6 is 0 Å². The van der Waals surface area contributed by atoms with E-state index in [1.165, 1.54) is 12.3 Å². The van der Waals surface area contributed by atoms with Crippen LogP contribution in [0.4, 0.5) is 8.78 Å². The Labute approximate surface area is 155 Å². The van der Waals surface area contributed by atoms with Gasteiger partial charge in [-0.2, -0.15) is 5.26 Å². The zero-order valence-corrected chi connectivity index (χ0v) is 14.4. The van der Waals surface area contributed by atoms with Gasteiger partial charge in [0.1, 0.15) is 0 Å². The first-order valence-corrected chi connectivity index (χ1v) is 8.49. The molecule has 1 saturated heterocycles. The predicted molar refractivity (Wildman–Crippen MR) is 93.1 cm³/mol. The van der Waals surface area contributed by atoms with Gasteiger partial charge < -0.3 is 4.90 Å². The maximum Gasteiger partial charge on any atom is 0.298 e. The average molecular weight is 369 g/mol. The van der Waals surface area contributed by atoms with Gasteiger partial charge in [-0.3, -0.25) is 14.6 Å². The number of benzene rings is 1. The van der Waals surface area contributed by atoms with Crippen LogP contribution in [-0.2, 0) is 11.2 Å². The fourth-order valence-electron chi connectivity index (χ4n) is 3.07. The van der Waals surface area contributed by atoms with Crippen LogP contribution in [-0.4, -0.2) is 40.1 Å². The SMILES string of the molecule is N#C[C@H]1N(C(=O)CCC(=O)c2ccncc2Cc2ccccc2)CC1(F)F. The zero-order valence-electron chi connectivity index (χ0n) is 14.4. The normalized spacial score (nSPS) is 17.7. The molecule has 0 spiro atoms. The van der Waals surface area contributed by atoms with E-state index in [4.69, 9.17) is 5.26 Å². The first-order valence-electron chi connectivity index (χ1n) is 8.49. The molecule has 3 rings (SSSR count). The van der Waals surface area contributed by atoms with Gasteiger partial charge in [0.15, 0.2) is 11.8 Å².